The molecule has 0 spiro atoms. The second-order valence-electron chi connectivity index (χ2n) is 5.45. The van der Waals surface area contributed by atoms with E-state index < -0.39 is 0 Å². The Bertz CT molecular complexity index is 573. The Balaban J connectivity index is 1.76. The molecule has 1 fully saturated rings. The van der Waals surface area contributed by atoms with E-state index in [1.165, 1.54) is 16.0 Å². The van der Waals surface area contributed by atoms with Crippen molar-refractivity contribution in [2.45, 2.75) is 37.8 Å². The molecule has 0 radical (unpaired) electrons. The lowest BCUT2D eigenvalue weighted by atomic mass is 10.0. The van der Waals surface area contributed by atoms with Gasteiger partial charge in [-0.1, -0.05) is 28.1 Å². The molecule has 1 heterocycles. The Morgan fingerprint density at radius 3 is 2.75 bits per heavy atom. The number of benzene rings is 1. The van der Waals surface area contributed by atoms with Crippen LogP contribution in [0.15, 0.2) is 22.7 Å². The van der Waals surface area contributed by atoms with Gasteiger partial charge in [-0.2, -0.15) is 0 Å². The van der Waals surface area contributed by atoms with Crippen molar-refractivity contribution < 1.29 is 9.59 Å². The third kappa shape index (κ3) is 2.29. The maximum atomic E-state index is 12.1. The molecular formula is C15H17BrN2O2. The first-order valence-corrected chi connectivity index (χ1v) is 7.71. The molecule has 1 aliphatic carbocycles. The number of carbonyl (C=O) groups excluding carboxylic acids is 2. The summed E-state index contributed by atoms with van der Waals surface area (Å²) in [6.07, 6.45) is 3.06. The van der Waals surface area contributed by atoms with Gasteiger partial charge in [-0.3, -0.25) is 19.8 Å². The molecule has 1 aromatic rings. The first-order chi connectivity index (χ1) is 9.58. The van der Waals surface area contributed by atoms with Crippen LogP contribution in [0.25, 0.3) is 0 Å². The van der Waals surface area contributed by atoms with E-state index in [0.29, 0.717) is 12.8 Å². The minimum atomic E-state index is -0.243. The first-order valence-electron chi connectivity index (χ1n) is 6.91. The predicted octanol–water partition coefficient (Wildman–Crippen LogP) is 2.17. The van der Waals surface area contributed by atoms with Crippen molar-refractivity contribution in [2.24, 2.45) is 0 Å². The molecule has 5 heteroatoms. The number of fused-ring (bicyclic) bond motifs is 1. The number of amides is 2. The standard InChI is InChI=1S/C15H17BrN2O2/c1-18-14(19)8-7-13(15(18)20)17-12-6-5-9-10(12)3-2-4-11(9)16/h2-4,12-13,17H,5-8H2,1H3. The zero-order valence-corrected chi connectivity index (χ0v) is 12.9. The fraction of sp³-hybridized carbons (Fsp3) is 0.467. The fourth-order valence-corrected chi connectivity index (χ4v) is 3.68. The van der Waals surface area contributed by atoms with Crippen LogP contribution in [0.2, 0.25) is 0 Å². The smallest absolute Gasteiger partial charge is 0.246 e. The SMILES string of the molecule is CN1C(=O)CCC(NC2CCc3c(Br)cccc32)C1=O. The van der Waals surface area contributed by atoms with E-state index in [4.69, 9.17) is 0 Å². The molecule has 4 nitrogen and oxygen atoms in total. The van der Waals surface area contributed by atoms with E-state index in [-0.39, 0.29) is 23.9 Å². The van der Waals surface area contributed by atoms with Crippen LogP contribution >= 0.6 is 15.9 Å². The Kier molecular flexibility index (Phi) is 3.65. The van der Waals surface area contributed by atoms with Crippen molar-refractivity contribution in [3.63, 3.8) is 0 Å². The van der Waals surface area contributed by atoms with Crippen LogP contribution in [0.3, 0.4) is 0 Å². The summed E-state index contributed by atoms with van der Waals surface area (Å²) in [6, 6.07) is 6.17. The molecule has 1 N–H and O–H groups in total. The number of likely N-dealkylation sites (N-methyl/N-ethyl adjacent to an activating group) is 1. The van der Waals surface area contributed by atoms with Gasteiger partial charge >= 0.3 is 0 Å². The second-order valence-corrected chi connectivity index (χ2v) is 6.30. The fourth-order valence-electron chi connectivity index (χ4n) is 3.10. The first kappa shape index (κ1) is 13.8. The van der Waals surface area contributed by atoms with Gasteiger partial charge in [0.25, 0.3) is 0 Å². The zero-order valence-electron chi connectivity index (χ0n) is 11.4. The Morgan fingerprint density at radius 2 is 1.95 bits per heavy atom. The highest BCUT2D eigenvalue weighted by molar-refractivity contribution is 9.10. The van der Waals surface area contributed by atoms with Crippen LogP contribution in [-0.2, 0) is 16.0 Å². The molecule has 106 valence electrons. The number of rotatable bonds is 2. The largest absolute Gasteiger partial charge is 0.299 e. The maximum Gasteiger partial charge on any atom is 0.246 e. The summed E-state index contributed by atoms with van der Waals surface area (Å²) in [6.45, 7) is 0. The number of nitrogens with zero attached hydrogens (tertiary/aromatic N) is 1. The molecule has 20 heavy (non-hydrogen) atoms. The minimum absolute atomic E-state index is 0.0809. The Morgan fingerprint density at radius 1 is 1.20 bits per heavy atom. The number of imide groups is 1. The van der Waals surface area contributed by atoms with Crippen LogP contribution < -0.4 is 5.32 Å². The van der Waals surface area contributed by atoms with Crippen LogP contribution in [-0.4, -0.2) is 29.8 Å². The van der Waals surface area contributed by atoms with Gasteiger partial charge in [0, 0.05) is 24.0 Å². The summed E-state index contributed by atoms with van der Waals surface area (Å²) in [5.74, 6) is -0.188. The number of halogens is 1. The summed E-state index contributed by atoms with van der Waals surface area (Å²) in [5.41, 5.74) is 2.60. The van der Waals surface area contributed by atoms with Gasteiger partial charge < -0.3 is 0 Å². The number of carbonyl (C=O) groups is 2. The molecule has 2 atom stereocenters. The average molecular weight is 337 g/mol. The number of hydrogen-bond donors (Lipinski definition) is 1. The van der Waals surface area contributed by atoms with Crippen molar-refractivity contribution in [3.05, 3.63) is 33.8 Å². The molecule has 2 aliphatic rings. The number of nitrogens with one attached hydrogen (secondary N) is 1. The Labute approximate surface area is 126 Å². The third-order valence-electron chi connectivity index (χ3n) is 4.27. The molecule has 0 saturated carbocycles. The molecule has 1 saturated heterocycles. The number of piperidine rings is 1. The normalized spacial score (nSPS) is 26.0. The van der Waals surface area contributed by atoms with Crippen LogP contribution in [0.4, 0.5) is 0 Å². The van der Waals surface area contributed by atoms with E-state index >= 15 is 0 Å². The molecule has 1 aromatic carbocycles. The van der Waals surface area contributed by atoms with E-state index in [1.54, 1.807) is 7.05 Å². The summed E-state index contributed by atoms with van der Waals surface area (Å²) >= 11 is 3.58. The summed E-state index contributed by atoms with van der Waals surface area (Å²) in [4.78, 5) is 24.9. The monoisotopic (exact) mass is 336 g/mol. The van der Waals surface area contributed by atoms with E-state index in [9.17, 15) is 9.59 Å². The molecule has 3 rings (SSSR count). The molecule has 2 unspecified atom stereocenters. The van der Waals surface area contributed by atoms with Crippen LogP contribution in [0.1, 0.15) is 36.4 Å². The molecule has 2 amide bonds. The summed E-state index contributed by atoms with van der Waals surface area (Å²) < 4.78 is 1.14. The van der Waals surface area contributed by atoms with Gasteiger partial charge in [0.05, 0.1) is 6.04 Å². The Hall–Kier alpha value is -1.20. The lowest BCUT2D eigenvalue weighted by Gasteiger charge is -2.30. The van der Waals surface area contributed by atoms with Crippen molar-refractivity contribution in [2.75, 3.05) is 7.05 Å². The van der Waals surface area contributed by atoms with Crippen LogP contribution in [0, 0.1) is 0 Å². The van der Waals surface area contributed by atoms with Gasteiger partial charge in [0.15, 0.2) is 0 Å². The molecule has 0 bridgehead atoms. The molecular weight excluding hydrogens is 320 g/mol. The van der Waals surface area contributed by atoms with Gasteiger partial charge in [-0.15, -0.1) is 0 Å². The van der Waals surface area contributed by atoms with Gasteiger partial charge in [-0.05, 0) is 36.5 Å². The lowest BCUT2D eigenvalue weighted by molar-refractivity contribution is -0.148. The van der Waals surface area contributed by atoms with Gasteiger partial charge in [0.1, 0.15) is 0 Å². The maximum absolute atomic E-state index is 12.1. The van der Waals surface area contributed by atoms with E-state index in [0.717, 1.165) is 17.3 Å². The van der Waals surface area contributed by atoms with Crippen molar-refractivity contribution in [1.29, 1.82) is 0 Å². The highest BCUT2D eigenvalue weighted by Gasteiger charge is 2.34. The lowest BCUT2D eigenvalue weighted by Crippen LogP contribution is -2.52. The second kappa shape index (κ2) is 5.30. The number of likely N-dealkylation sites (tertiary alicyclic amines) is 1. The summed E-state index contributed by atoms with van der Waals surface area (Å²) in [5, 5.41) is 3.44. The van der Waals surface area contributed by atoms with Crippen molar-refractivity contribution >= 4 is 27.7 Å². The third-order valence-corrected chi connectivity index (χ3v) is 5.01. The number of hydrogen-bond acceptors (Lipinski definition) is 3. The van der Waals surface area contributed by atoms with Gasteiger partial charge in [-0.25, -0.2) is 0 Å². The minimum Gasteiger partial charge on any atom is -0.299 e. The molecule has 1 aliphatic heterocycles. The zero-order chi connectivity index (χ0) is 14.3. The molecule has 0 aromatic heterocycles. The highest BCUT2D eigenvalue weighted by Crippen LogP contribution is 2.36. The predicted molar refractivity (Wildman–Crippen MR) is 79.1 cm³/mol. The van der Waals surface area contributed by atoms with Crippen molar-refractivity contribution in [3.8, 4) is 0 Å². The van der Waals surface area contributed by atoms with E-state index in [2.05, 4.69) is 33.4 Å². The summed E-state index contributed by atoms with van der Waals surface area (Å²) in [7, 11) is 1.57. The average Bonchev–Trinajstić information content (AvgIpc) is 2.84. The quantitative estimate of drug-likeness (QED) is 0.842. The van der Waals surface area contributed by atoms with Crippen molar-refractivity contribution in [1.82, 2.24) is 10.2 Å². The highest BCUT2D eigenvalue weighted by atomic mass is 79.9. The van der Waals surface area contributed by atoms with Gasteiger partial charge in [0.2, 0.25) is 11.8 Å². The van der Waals surface area contributed by atoms with Crippen LogP contribution in [0.5, 0.6) is 0 Å². The van der Waals surface area contributed by atoms with E-state index in [1.807, 2.05) is 6.07 Å². The topological polar surface area (TPSA) is 49.4 Å².